The van der Waals surface area contributed by atoms with Gasteiger partial charge < -0.3 is 9.31 Å². The topological polar surface area (TPSA) is 18.5 Å². The van der Waals surface area contributed by atoms with E-state index in [0.29, 0.717) is 0 Å². The van der Waals surface area contributed by atoms with Crippen molar-refractivity contribution in [2.75, 3.05) is 12.5 Å². The van der Waals surface area contributed by atoms with E-state index in [9.17, 15) is 0 Å². The molecule has 2 nitrogen and oxygen atoms in total. The predicted octanol–water partition coefficient (Wildman–Crippen LogP) is 3.85. The summed E-state index contributed by atoms with van der Waals surface area (Å²) in [6, 6.07) is 16.0. The van der Waals surface area contributed by atoms with Crippen molar-refractivity contribution in [1.29, 1.82) is 0 Å². The van der Waals surface area contributed by atoms with Gasteiger partial charge in [-0.3, -0.25) is 0 Å². The average Bonchev–Trinajstić information content (AvgIpc) is 2.48. The van der Waals surface area contributed by atoms with Gasteiger partial charge in [-0.25, -0.2) is 0 Å². The predicted molar refractivity (Wildman–Crippen MR) is 84.9 cm³/mol. The van der Waals surface area contributed by atoms with Crippen LogP contribution in [-0.4, -0.2) is 20.2 Å². The zero-order valence-corrected chi connectivity index (χ0v) is 12.6. The monoisotopic (exact) mass is 290 g/mol. The molecule has 2 aromatic carbocycles. The van der Waals surface area contributed by atoms with Crippen molar-refractivity contribution >= 4 is 31.2 Å². The van der Waals surface area contributed by atoms with Crippen LogP contribution in [0.5, 0.6) is 11.5 Å². The Morgan fingerprint density at radius 2 is 1.26 bits per heavy atom. The van der Waals surface area contributed by atoms with Crippen LogP contribution in [0.2, 0.25) is 0 Å². The van der Waals surface area contributed by atoms with E-state index in [2.05, 4.69) is 12.1 Å². The first-order valence-electron chi connectivity index (χ1n) is 5.85. The number of hydrogen-bond acceptors (Lipinski definition) is 4. The molecule has 0 saturated carbocycles. The summed E-state index contributed by atoms with van der Waals surface area (Å²) in [6.07, 6.45) is 4.09. The molecule has 2 aromatic rings. The number of thioether (sulfide) groups is 2. The minimum atomic E-state index is 0.218. The van der Waals surface area contributed by atoms with E-state index >= 15 is 0 Å². The first-order valence-corrected chi connectivity index (χ1v) is 8.30. The normalized spacial score (nSPS) is 10.0. The van der Waals surface area contributed by atoms with Crippen molar-refractivity contribution in [3.05, 3.63) is 48.5 Å². The summed E-state index contributed by atoms with van der Waals surface area (Å²) in [6.45, 7) is 0. The van der Waals surface area contributed by atoms with Gasteiger partial charge in [0, 0.05) is 9.79 Å². The van der Waals surface area contributed by atoms with Gasteiger partial charge in [0.1, 0.15) is 11.5 Å². The summed E-state index contributed by atoms with van der Waals surface area (Å²) in [5.41, 5.74) is 0. The maximum absolute atomic E-state index is 5.58. The summed E-state index contributed by atoms with van der Waals surface area (Å²) in [4.78, 5) is 2.36. The fourth-order valence-electron chi connectivity index (χ4n) is 1.55. The quantitative estimate of drug-likeness (QED) is 0.594. The molecule has 0 spiro atoms. The highest BCUT2D eigenvalue weighted by Gasteiger charge is 2.01. The third-order valence-corrected chi connectivity index (χ3v) is 3.98. The van der Waals surface area contributed by atoms with Crippen LogP contribution < -0.4 is 9.31 Å². The number of rotatable bonds is 6. The van der Waals surface area contributed by atoms with Crippen LogP contribution in [0.4, 0.5) is 0 Å². The molecule has 0 aliphatic heterocycles. The lowest BCUT2D eigenvalue weighted by Gasteiger charge is -2.08. The van der Waals surface area contributed by atoms with Crippen LogP contribution in [0, 0.1) is 0 Å². The fourth-order valence-corrected chi connectivity index (χ4v) is 2.44. The maximum atomic E-state index is 5.58. The van der Waals surface area contributed by atoms with Gasteiger partial charge in [0.25, 0.3) is 0 Å². The summed E-state index contributed by atoms with van der Waals surface area (Å²) >= 11 is 3.39. The molecule has 0 aromatic heterocycles. The first kappa shape index (κ1) is 14.2. The van der Waals surface area contributed by atoms with E-state index in [0.717, 1.165) is 11.5 Å². The Hall–Kier alpha value is -1.20. The molecular weight excluding hydrogens is 275 g/mol. The average molecular weight is 290 g/mol. The minimum absolute atomic E-state index is 0.218. The van der Waals surface area contributed by atoms with Crippen molar-refractivity contribution in [2.45, 2.75) is 9.79 Å². The molecular formula is C14H15BO2S2. The van der Waals surface area contributed by atoms with Crippen LogP contribution in [0.3, 0.4) is 0 Å². The molecule has 2 rings (SSSR count). The second-order valence-corrected chi connectivity index (χ2v) is 5.52. The van der Waals surface area contributed by atoms with Crippen LogP contribution in [-0.2, 0) is 0 Å². The van der Waals surface area contributed by atoms with E-state index in [1.807, 2.05) is 48.9 Å². The minimum Gasteiger partial charge on any atom is -0.528 e. The Labute approximate surface area is 123 Å². The lowest BCUT2D eigenvalue weighted by molar-refractivity contribution is 0.457. The lowest BCUT2D eigenvalue weighted by atomic mass is 10.3. The molecule has 0 unspecified atom stereocenters. The second-order valence-electron chi connectivity index (χ2n) is 3.76. The van der Waals surface area contributed by atoms with E-state index in [-0.39, 0.29) is 7.69 Å². The molecule has 0 amide bonds. The van der Waals surface area contributed by atoms with Crippen molar-refractivity contribution in [1.82, 2.24) is 0 Å². The molecule has 0 saturated heterocycles. The van der Waals surface area contributed by atoms with Gasteiger partial charge in [-0.15, -0.1) is 23.5 Å². The zero-order chi connectivity index (χ0) is 13.5. The Morgan fingerprint density at radius 1 is 0.789 bits per heavy atom. The van der Waals surface area contributed by atoms with Gasteiger partial charge in [-0.2, -0.15) is 0 Å². The summed E-state index contributed by atoms with van der Waals surface area (Å²) in [5, 5.41) is 0. The number of hydrogen-bond donors (Lipinski definition) is 0. The van der Waals surface area contributed by atoms with Crippen LogP contribution in [0.1, 0.15) is 0 Å². The van der Waals surface area contributed by atoms with Crippen LogP contribution >= 0.6 is 23.5 Å². The van der Waals surface area contributed by atoms with Crippen LogP contribution in [0.15, 0.2) is 58.3 Å². The highest BCUT2D eigenvalue weighted by molar-refractivity contribution is 7.98. The lowest BCUT2D eigenvalue weighted by Crippen LogP contribution is -2.10. The van der Waals surface area contributed by atoms with Crippen molar-refractivity contribution in [3.8, 4) is 11.5 Å². The fraction of sp³-hybridized carbons (Fsp3) is 0.143. The van der Waals surface area contributed by atoms with E-state index in [1.165, 1.54) is 9.79 Å². The molecule has 0 heterocycles. The molecule has 0 radical (unpaired) electrons. The highest BCUT2D eigenvalue weighted by atomic mass is 32.2. The standard InChI is InChI=1S/C14H15BO2S2/c1-18-13-7-3-5-11(9-13)16-15-17-12-6-4-8-14(10-12)19-2/h3-10,15H,1-2H3. The molecule has 5 heteroatoms. The molecule has 98 valence electrons. The molecule has 0 N–H and O–H groups in total. The van der Waals surface area contributed by atoms with E-state index < -0.39 is 0 Å². The molecule has 0 bridgehead atoms. The van der Waals surface area contributed by atoms with E-state index in [1.54, 1.807) is 23.5 Å². The third kappa shape index (κ3) is 4.44. The van der Waals surface area contributed by atoms with Crippen LogP contribution in [0.25, 0.3) is 0 Å². The van der Waals surface area contributed by atoms with Gasteiger partial charge in [-0.1, -0.05) is 12.1 Å². The van der Waals surface area contributed by atoms with Crippen molar-refractivity contribution in [3.63, 3.8) is 0 Å². The molecule has 0 fully saturated rings. The molecule has 19 heavy (non-hydrogen) atoms. The molecule has 0 aliphatic rings. The highest BCUT2D eigenvalue weighted by Crippen LogP contribution is 2.22. The molecule has 0 aliphatic carbocycles. The summed E-state index contributed by atoms with van der Waals surface area (Å²) < 4.78 is 11.2. The van der Waals surface area contributed by atoms with Gasteiger partial charge in [-0.05, 0) is 48.9 Å². The van der Waals surface area contributed by atoms with Gasteiger partial charge >= 0.3 is 7.69 Å². The second kappa shape index (κ2) is 7.41. The Kier molecular flexibility index (Phi) is 5.54. The van der Waals surface area contributed by atoms with Crippen molar-refractivity contribution < 1.29 is 9.31 Å². The van der Waals surface area contributed by atoms with Gasteiger partial charge in [0.15, 0.2) is 0 Å². The maximum Gasteiger partial charge on any atom is 0.576 e. The van der Waals surface area contributed by atoms with Crippen molar-refractivity contribution in [2.24, 2.45) is 0 Å². The van der Waals surface area contributed by atoms with Gasteiger partial charge in [0.05, 0.1) is 0 Å². The smallest absolute Gasteiger partial charge is 0.528 e. The number of benzene rings is 2. The Balaban J connectivity index is 1.88. The largest absolute Gasteiger partial charge is 0.576 e. The summed E-state index contributed by atoms with van der Waals surface area (Å²) in [7, 11) is 0.218. The SMILES string of the molecule is CSc1cccc(OBOc2cccc(SC)c2)c1. The third-order valence-electron chi connectivity index (χ3n) is 2.53. The molecule has 0 atom stereocenters. The Bertz CT molecular complexity index is 487. The first-order chi connectivity index (χ1) is 9.31. The summed E-state index contributed by atoms with van der Waals surface area (Å²) in [5.74, 6) is 1.65. The zero-order valence-electron chi connectivity index (χ0n) is 11.0. The van der Waals surface area contributed by atoms with E-state index in [4.69, 9.17) is 9.31 Å². The Morgan fingerprint density at radius 3 is 1.68 bits per heavy atom. The van der Waals surface area contributed by atoms with Gasteiger partial charge in [0.2, 0.25) is 0 Å².